The van der Waals surface area contributed by atoms with Crippen LogP contribution in [0, 0.1) is 5.92 Å². The molecule has 5 saturated heterocycles. The molecule has 18 nitrogen and oxygen atoms in total. The SMILES string of the molecule is C.C=C(O)[C@@H]1CC(NC)CN1.CCCCN1CCN(CC(N)=O)CC1.CN1CCC(CCCC(=O)O)CC1.CN1CCNC(C(=O)O)C1.CNC1CCN(CC(N)=O)CC1. The van der Waals surface area contributed by atoms with Gasteiger partial charge in [0.2, 0.25) is 11.8 Å². The number of nitrogens with one attached hydrogen (secondary N) is 4. The number of likely N-dealkylation sites (N-methyl/N-ethyl adjacent to an activating group) is 2. The largest absolute Gasteiger partial charge is 0.511 e. The number of nitrogens with zero attached hydrogens (tertiary/aromatic N) is 5. The fourth-order valence-electron chi connectivity index (χ4n) is 7.54. The van der Waals surface area contributed by atoms with Crippen molar-refractivity contribution >= 4 is 23.8 Å². The van der Waals surface area contributed by atoms with Gasteiger partial charge in [0.05, 0.1) is 19.1 Å². The number of carboxylic acid groups (broad SMARTS) is 2. The number of primary amides is 2. The van der Waals surface area contributed by atoms with Crippen LogP contribution in [0.4, 0.5) is 0 Å². The molecule has 3 atom stereocenters. The Morgan fingerprint density at radius 2 is 1.27 bits per heavy atom. The molecule has 0 spiro atoms. The van der Waals surface area contributed by atoms with Crippen molar-refractivity contribution in [3.63, 3.8) is 0 Å². The number of carbonyl (C=O) groups excluding carboxylic acids is 2. The lowest BCUT2D eigenvalue weighted by Gasteiger charge is -2.33. The average Bonchev–Trinajstić information content (AvgIpc) is 3.70. The minimum Gasteiger partial charge on any atom is -0.511 e. The van der Waals surface area contributed by atoms with Crippen molar-refractivity contribution in [2.24, 2.45) is 17.4 Å². The predicted molar refractivity (Wildman–Crippen MR) is 241 cm³/mol. The number of carboxylic acids is 2. The molecular formula is C42H87N11O7. The maximum absolute atomic E-state index is 10.7. The summed E-state index contributed by atoms with van der Waals surface area (Å²) in [4.78, 5) is 53.0. The van der Waals surface area contributed by atoms with E-state index in [1.807, 2.05) is 26.0 Å². The van der Waals surface area contributed by atoms with Gasteiger partial charge in [-0.05, 0) is 105 Å². The molecular weight excluding hydrogens is 771 g/mol. The van der Waals surface area contributed by atoms with Crippen molar-refractivity contribution in [3.8, 4) is 0 Å². The number of likely N-dealkylation sites (tertiary alicyclic amines) is 2. The highest BCUT2D eigenvalue weighted by molar-refractivity contribution is 5.76. The number of aliphatic hydroxyl groups is 1. The first-order valence-corrected chi connectivity index (χ1v) is 21.8. The number of hydrogen-bond donors (Lipinski definition) is 9. The Kier molecular flexibility index (Phi) is 32.0. The summed E-state index contributed by atoms with van der Waals surface area (Å²) in [7, 11) is 7.98. The maximum atomic E-state index is 10.7. The molecule has 5 aliphatic heterocycles. The summed E-state index contributed by atoms with van der Waals surface area (Å²) in [6, 6.07) is 0.819. The van der Waals surface area contributed by atoms with Crippen LogP contribution < -0.4 is 32.7 Å². The zero-order valence-corrected chi connectivity index (χ0v) is 37.1. The van der Waals surface area contributed by atoms with Gasteiger partial charge in [-0.3, -0.25) is 29.0 Å². The number of rotatable bonds is 15. The summed E-state index contributed by atoms with van der Waals surface area (Å²) in [5, 5.41) is 38.4. The van der Waals surface area contributed by atoms with Crippen molar-refractivity contribution in [2.45, 2.75) is 103 Å². The van der Waals surface area contributed by atoms with E-state index in [0.717, 1.165) is 96.9 Å². The van der Waals surface area contributed by atoms with E-state index >= 15 is 0 Å². The molecule has 352 valence electrons. The second-order valence-corrected chi connectivity index (χ2v) is 16.6. The first-order chi connectivity index (χ1) is 28.1. The van der Waals surface area contributed by atoms with Crippen LogP contribution in [0.3, 0.4) is 0 Å². The molecule has 18 heteroatoms. The van der Waals surface area contributed by atoms with Gasteiger partial charge in [0.1, 0.15) is 11.8 Å². The van der Waals surface area contributed by atoms with Gasteiger partial charge in [-0.1, -0.05) is 27.4 Å². The minimum absolute atomic E-state index is 0. The van der Waals surface area contributed by atoms with E-state index in [2.05, 4.69) is 61.4 Å². The first-order valence-electron chi connectivity index (χ1n) is 21.8. The molecule has 0 saturated carbocycles. The lowest BCUT2D eigenvalue weighted by Crippen LogP contribution is -2.52. The Balaban J connectivity index is 0.000000726. The summed E-state index contributed by atoms with van der Waals surface area (Å²) in [6.45, 7) is 19.4. The molecule has 5 heterocycles. The molecule has 0 aliphatic carbocycles. The number of piperazine rings is 2. The number of unbranched alkanes of at least 4 members (excludes halogenated alkanes) is 1. The van der Waals surface area contributed by atoms with Gasteiger partial charge < -0.3 is 62.8 Å². The number of piperidine rings is 2. The van der Waals surface area contributed by atoms with Gasteiger partial charge in [-0.15, -0.1) is 0 Å². The van der Waals surface area contributed by atoms with Crippen LogP contribution in [-0.4, -0.2) is 214 Å². The highest BCUT2D eigenvalue weighted by Gasteiger charge is 2.25. The second kappa shape index (κ2) is 33.7. The molecule has 60 heavy (non-hydrogen) atoms. The molecule has 0 aromatic carbocycles. The summed E-state index contributed by atoms with van der Waals surface area (Å²) < 4.78 is 0. The molecule has 2 amide bonds. The van der Waals surface area contributed by atoms with Crippen LogP contribution in [0.1, 0.15) is 78.6 Å². The third-order valence-electron chi connectivity index (χ3n) is 11.5. The van der Waals surface area contributed by atoms with Crippen molar-refractivity contribution in [2.75, 3.05) is 126 Å². The Morgan fingerprint density at radius 1 is 0.717 bits per heavy atom. The molecule has 0 radical (unpaired) electrons. The zero-order chi connectivity index (χ0) is 44.2. The highest BCUT2D eigenvalue weighted by atomic mass is 16.4. The van der Waals surface area contributed by atoms with Crippen molar-refractivity contribution in [1.29, 1.82) is 0 Å². The van der Waals surface area contributed by atoms with E-state index in [1.54, 1.807) is 0 Å². The van der Waals surface area contributed by atoms with Gasteiger partial charge >= 0.3 is 11.9 Å². The molecule has 2 unspecified atom stereocenters. The van der Waals surface area contributed by atoms with Crippen LogP contribution in [0.15, 0.2) is 12.3 Å². The van der Waals surface area contributed by atoms with Gasteiger partial charge in [0, 0.05) is 84.0 Å². The Morgan fingerprint density at radius 3 is 1.68 bits per heavy atom. The topological polar surface area (TPSA) is 245 Å². The van der Waals surface area contributed by atoms with Crippen molar-refractivity contribution in [3.05, 3.63) is 12.3 Å². The molecule has 5 rings (SSSR count). The smallest absolute Gasteiger partial charge is 0.322 e. The normalized spacial score (nSPS) is 23.4. The fraction of sp³-hybridized carbons (Fsp3) is 0.857. The predicted octanol–water partition coefficient (Wildman–Crippen LogP) is 0.247. The third-order valence-corrected chi connectivity index (χ3v) is 11.5. The number of hydrogen-bond acceptors (Lipinski definition) is 14. The highest BCUT2D eigenvalue weighted by Crippen LogP contribution is 2.21. The average molecular weight is 858 g/mol. The standard InChI is InChI=1S/C10H21N3O.C10H19NO2.C8H17N3O.C7H14N2O.C6H12N2O2.CH4/c1-2-3-4-12-5-7-13(8-6-12)9-10(11)14;1-11-7-5-9(6-8-11)3-2-4-10(12)13;1-10-7-2-4-11(5-3-7)6-8(9)12;1-5(10)7-3-6(8-2)4-9-7;1-8-3-2-7-5(4-8)6(9)10;/h2-9H2,1H3,(H2,11,14);9H,2-8H2,1H3,(H,12,13);7,10H,2-6H2,1H3,(H2,9,12);6-10H,1,3-4H2,2H3;5,7H,2-4H2,1H3,(H,9,10);1H4/t;;;6?,7-;;/m...0../s1. The van der Waals surface area contributed by atoms with Crippen LogP contribution >= 0.6 is 0 Å². The van der Waals surface area contributed by atoms with E-state index in [1.165, 1.54) is 45.3 Å². The monoisotopic (exact) mass is 858 g/mol. The molecule has 5 fully saturated rings. The summed E-state index contributed by atoms with van der Waals surface area (Å²) in [6.07, 6.45) is 10.5. The Bertz CT molecular complexity index is 1180. The molecule has 5 aliphatic rings. The lowest BCUT2D eigenvalue weighted by atomic mass is 9.92. The van der Waals surface area contributed by atoms with Crippen molar-refractivity contribution in [1.82, 2.24) is 45.8 Å². The van der Waals surface area contributed by atoms with Gasteiger partial charge in [0.15, 0.2) is 0 Å². The summed E-state index contributed by atoms with van der Waals surface area (Å²) in [5.74, 6) is -0.835. The summed E-state index contributed by atoms with van der Waals surface area (Å²) in [5.41, 5.74) is 10.2. The second-order valence-electron chi connectivity index (χ2n) is 16.6. The number of amides is 2. The zero-order valence-electron chi connectivity index (χ0n) is 37.1. The molecule has 11 N–H and O–H groups in total. The quantitative estimate of drug-likeness (QED) is 0.100. The number of nitrogens with two attached hydrogens (primary N) is 2. The molecule has 0 aromatic rings. The number of carbonyl (C=O) groups is 4. The molecule has 0 aromatic heterocycles. The van der Waals surface area contributed by atoms with E-state index < -0.39 is 11.9 Å². The Labute approximate surface area is 362 Å². The minimum atomic E-state index is -0.758. The number of aliphatic hydroxyl groups excluding tert-OH is 1. The van der Waals surface area contributed by atoms with Crippen LogP contribution in [0.2, 0.25) is 0 Å². The summed E-state index contributed by atoms with van der Waals surface area (Å²) >= 11 is 0. The van der Waals surface area contributed by atoms with Crippen LogP contribution in [-0.2, 0) is 19.2 Å². The van der Waals surface area contributed by atoms with E-state index in [9.17, 15) is 19.2 Å². The maximum Gasteiger partial charge on any atom is 0.322 e. The van der Waals surface area contributed by atoms with Gasteiger partial charge in [-0.2, -0.15) is 0 Å². The fourth-order valence-corrected chi connectivity index (χ4v) is 7.54. The first kappa shape index (κ1) is 57.1. The van der Waals surface area contributed by atoms with Crippen LogP contribution in [0.5, 0.6) is 0 Å². The van der Waals surface area contributed by atoms with Gasteiger partial charge in [0.25, 0.3) is 0 Å². The third kappa shape index (κ3) is 27.8. The molecule has 0 bridgehead atoms. The Hall–Kier alpha value is -2.94. The van der Waals surface area contributed by atoms with Crippen molar-refractivity contribution < 1.29 is 34.5 Å². The van der Waals surface area contributed by atoms with E-state index in [4.69, 9.17) is 26.8 Å². The van der Waals surface area contributed by atoms with E-state index in [-0.39, 0.29) is 37.1 Å². The number of aliphatic carboxylic acids is 2. The van der Waals surface area contributed by atoms with Gasteiger partial charge in [-0.25, -0.2) is 0 Å². The van der Waals surface area contributed by atoms with Crippen LogP contribution in [0.25, 0.3) is 0 Å². The van der Waals surface area contributed by atoms with E-state index in [0.29, 0.717) is 38.1 Å². The lowest BCUT2D eigenvalue weighted by molar-refractivity contribution is -0.140.